The van der Waals surface area contributed by atoms with Gasteiger partial charge in [0.25, 0.3) is 0 Å². The second-order valence-electron chi connectivity index (χ2n) is 8.18. The van der Waals surface area contributed by atoms with Crippen molar-refractivity contribution in [3.8, 4) is 11.3 Å². The number of amides is 1. The standard InChI is InChI=1S/C25H20ClF2N5O/c1-3-19(34)32-9-10-33(14(2)12-32)25-17-11-29-23(22(28)24(17)30-13-31-25)16-6-4-5-15-7-8-18(27)21(26)20(15)16/h3-8,11,13-14H,1,9-10,12H2,2H3/t14-/m1/s1. The minimum Gasteiger partial charge on any atom is -0.350 e. The molecule has 2 aromatic heterocycles. The topological polar surface area (TPSA) is 62.2 Å². The normalized spacial score (nSPS) is 16.3. The summed E-state index contributed by atoms with van der Waals surface area (Å²) in [5.74, 6) is -0.803. The zero-order valence-electron chi connectivity index (χ0n) is 18.3. The number of pyridine rings is 1. The monoisotopic (exact) mass is 479 g/mol. The molecule has 5 rings (SSSR count). The lowest BCUT2D eigenvalue weighted by molar-refractivity contribution is -0.126. The number of halogens is 3. The van der Waals surface area contributed by atoms with Crippen molar-refractivity contribution >= 4 is 45.0 Å². The van der Waals surface area contributed by atoms with Crippen LogP contribution in [0.25, 0.3) is 32.9 Å². The summed E-state index contributed by atoms with van der Waals surface area (Å²) >= 11 is 6.25. The average Bonchev–Trinajstić information content (AvgIpc) is 2.85. The number of nitrogens with zero attached hydrogens (tertiary/aromatic N) is 5. The molecule has 1 aliphatic heterocycles. The number of fused-ring (bicyclic) bond motifs is 2. The lowest BCUT2D eigenvalue weighted by atomic mass is 10.0. The number of anilines is 1. The van der Waals surface area contributed by atoms with Gasteiger partial charge in [-0.3, -0.25) is 9.78 Å². The molecule has 0 bridgehead atoms. The van der Waals surface area contributed by atoms with Crippen molar-refractivity contribution < 1.29 is 13.6 Å². The maximum absolute atomic E-state index is 15.8. The molecule has 0 saturated carbocycles. The van der Waals surface area contributed by atoms with E-state index in [1.165, 1.54) is 24.7 Å². The molecule has 4 aromatic rings. The molecule has 34 heavy (non-hydrogen) atoms. The molecule has 1 atom stereocenters. The summed E-state index contributed by atoms with van der Waals surface area (Å²) in [7, 11) is 0. The number of rotatable bonds is 3. The van der Waals surface area contributed by atoms with Crippen LogP contribution in [0.3, 0.4) is 0 Å². The maximum atomic E-state index is 15.8. The molecule has 2 aromatic carbocycles. The Labute approximate surface area is 199 Å². The van der Waals surface area contributed by atoms with Crippen LogP contribution in [-0.2, 0) is 4.79 Å². The zero-order chi connectivity index (χ0) is 24.0. The minimum absolute atomic E-state index is 0.0321. The minimum atomic E-state index is -0.637. The van der Waals surface area contributed by atoms with Gasteiger partial charge in [-0.2, -0.15) is 0 Å². The van der Waals surface area contributed by atoms with Gasteiger partial charge in [-0.05, 0) is 24.5 Å². The van der Waals surface area contributed by atoms with E-state index in [1.807, 2.05) is 11.8 Å². The molecule has 172 valence electrons. The third-order valence-corrected chi connectivity index (χ3v) is 6.55. The Morgan fingerprint density at radius 2 is 2.00 bits per heavy atom. The Morgan fingerprint density at radius 3 is 2.76 bits per heavy atom. The van der Waals surface area contributed by atoms with Gasteiger partial charge in [0.05, 0.1) is 10.4 Å². The van der Waals surface area contributed by atoms with Crippen LogP contribution < -0.4 is 4.90 Å². The maximum Gasteiger partial charge on any atom is 0.246 e. The van der Waals surface area contributed by atoms with Crippen LogP contribution in [-0.4, -0.2) is 51.4 Å². The van der Waals surface area contributed by atoms with Crippen LogP contribution >= 0.6 is 11.6 Å². The molecule has 0 aliphatic carbocycles. The van der Waals surface area contributed by atoms with Gasteiger partial charge in [0, 0.05) is 42.8 Å². The Hall–Kier alpha value is -3.65. The van der Waals surface area contributed by atoms with E-state index < -0.39 is 11.6 Å². The lowest BCUT2D eigenvalue weighted by Crippen LogP contribution is -2.53. The van der Waals surface area contributed by atoms with E-state index in [0.29, 0.717) is 47.2 Å². The first-order valence-electron chi connectivity index (χ1n) is 10.7. The Balaban J connectivity index is 1.61. The van der Waals surface area contributed by atoms with E-state index in [0.717, 1.165) is 0 Å². The van der Waals surface area contributed by atoms with E-state index in [9.17, 15) is 9.18 Å². The predicted molar refractivity (Wildman–Crippen MR) is 129 cm³/mol. The molecule has 6 nitrogen and oxygen atoms in total. The number of piperazine rings is 1. The zero-order valence-corrected chi connectivity index (χ0v) is 19.1. The molecule has 1 amide bonds. The molecule has 0 unspecified atom stereocenters. The Bertz CT molecular complexity index is 1460. The number of aromatic nitrogens is 3. The largest absolute Gasteiger partial charge is 0.350 e. The molecule has 1 saturated heterocycles. The SMILES string of the molecule is C=CC(=O)N1CCN(c2ncnc3c(F)c(-c4cccc5ccc(F)c(Cl)c45)ncc23)[C@H](C)C1. The van der Waals surface area contributed by atoms with Crippen molar-refractivity contribution in [3.63, 3.8) is 0 Å². The first-order valence-corrected chi connectivity index (χ1v) is 11.1. The van der Waals surface area contributed by atoms with Crippen molar-refractivity contribution in [1.82, 2.24) is 19.9 Å². The van der Waals surface area contributed by atoms with Crippen molar-refractivity contribution in [3.05, 3.63) is 72.2 Å². The van der Waals surface area contributed by atoms with Crippen LogP contribution in [0.1, 0.15) is 6.92 Å². The number of hydrogen-bond acceptors (Lipinski definition) is 5. The second-order valence-corrected chi connectivity index (χ2v) is 8.55. The highest BCUT2D eigenvalue weighted by molar-refractivity contribution is 6.36. The first kappa shape index (κ1) is 22.2. The average molecular weight is 480 g/mol. The molecule has 1 fully saturated rings. The summed E-state index contributed by atoms with van der Waals surface area (Å²) < 4.78 is 30.0. The molecular formula is C25H20ClF2N5O. The summed E-state index contributed by atoms with van der Waals surface area (Å²) in [5.41, 5.74) is 0.521. The Morgan fingerprint density at radius 1 is 1.18 bits per heavy atom. The summed E-state index contributed by atoms with van der Waals surface area (Å²) in [6.07, 6.45) is 4.14. The molecule has 3 heterocycles. The quantitative estimate of drug-likeness (QED) is 0.387. The number of carbonyl (C=O) groups is 1. The fourth-order valence-electron chi connectivity index (χ4n) is 4.50. The van der Waals surface area contributed by atoms with Crippen molar-refractivity contribution in [2.24, 2.45) is 0 Å². The summed E-state index contributed by atoms with van der Waals surface area (Å²) in [4.78, 5) is 28.7. The highest BCUT2D eigenvalue weighted by atomic mass is 35.5. The van der Waals surface area contributed by atoms with E-state index in [-0.39, 0.29) is 28.2 Å². The predicted octanol–water partition coefficient (Wildman–Crippen LogP) is 5.00. The van der Waals surface area contributed by atoms with Gasteiger partial charge in [-0.1, -0.05) is 42.4 Å². The molecule has 0 N–H and O–H groups in total. The van der Waals surface area contributed by atoms with Crippen LogP contribution in [0.4, 0.5) is 14.6 Å². The van der Waals surface area contributed by atoms with Crippen molar-refractivity contribution in [2.45, 2.75) is 13.0 Å². The van der Waals surface area contributed by atoms with Gasteiger partial charge in [0.15, 0.2) is 5.82 Å². The van der Waals surface area contributed by atoms with Crippen molar-refractivity contribution in [1.29, 1.82) is 0 Å². The van der Waals surface area contributed by atoms with E-state index in [1.54, 1.807) is 29.2 Å². The number of hydrogen-bond donors (Lipinski definition) is 0. The lowest BCUT2D eigenvalue weighted by Gasteiger charge is -2.40. The van der Waals surface area contributed by atoms with E-state index in [4.69, 9.17) is 11.6 Å². The highest BCUT2D eigenvalue weighted by Crippen LogP contribution is 2.37. The van der Waals surface area contributed by atoms with Gasteiger partial charge >= 0.3 is 0 Å². The summed E-state index contributed by atoms with van der Waals surface area (Å²) in [6.45, 7) is 7.03. The van der Waals surface area contributed by atoms with Gasteiger partial charge in [0.1, 0.15) is 29.2 Å². The van der Waals surface area contributed by atoms with Crippen molar-refractivity contribution in [2.75, 3.05) is 24.5 Å². The van der Waals surface area contributed by atoms with E-state index in [2.05, 4.69) is 21.5 Å². The molecule has 9 heteroatoms. The molecule has 0 spiro atoms. The van der Waals surface area contributed by atoms with Gasteiger partial charge in [-0.25, -0.2) is 18.7 Å². The third-order valence-electron chi connectivity index (χ3n) is 6.18. The Kier molecular flexibility index (Phi) is 5.61. The summed E-state index contributed by atoms with van der Waals surface area (Å²) in [5, 5.41) is 1.44. The second kappa shape index (κ2) is 8.61. The summed E-state index contributed by atoms with van der Waals surface area (Å²) in [6, 6.07) is 8.00. The fourth-order valence-corrected chi connectivity index (χ4v) is 4.78. The van der Waals surface area contributed by atoms with Crippen LogP contribution in [0.5, 0.6) is 0 Å². The third kappa shape index (κ3) is 3.54. The number of benzene rings is 2. The van der Waals surface area contributed by atoms with Gasteiger partial charge in [0.2, 0.25) is 5.91 Å². The first-order chi connectivity index (χ1) is 16.4. The molecule has 1 aliphatic rings. The molecule has 0 radical (unpaired) electrons. The number of carbonyl (C=O) groups excluding carboxylic acids is 1. The van der Waals surface area contributed by atoms with Crippen LogP contribution in [0.15, 0.2) is 55.5 Å². The van der Waals surface area contributed by atoms with E-state index >= 15 is 4.39 Å². The molecular weight excluding hydrogens is 460 g/mol. The fraction of sp³-hybridized carbons (Fsp3) is 0.200. The van der Waals surface area contributed by atoms with Gasteiger partial charge in [-0.15, -0.1) is 0 Å². The van der Waals surface area contributed by atoms with Gasteiger partial charge < -0.3 is 9.80 Å². The smallest absolute Gasteiger partial charge is 0.246 e. The van der Waals surface area contributed by atoms with Crippen LogP contribution in [0.2, 0.25) is 5.02 Å². The highest BCUT2D eigenvalue weighted by Gasteiger charge is 2.28. The van der Waals surface area contributed by atoms with Crippen LogP contribution in [0, 0.1) is 11.6 Å².